The van der Waals surface area contributed by atoms with Crippen molar-refractivity contribution in [3.8, 4) is 17.1 Å². The standard InChI is InChI=1S/C23H29N3O3S/c1-14-12-17(15(2)25-30(28)23(3,4)5)20-18(13-14)22(27)26(6)21(24-20)16-10-8-9-11-19(16)29-7/h8-13,15,25H,1-7H3/t15-,30?/m1/s1. The highest BCUT2D eigenvalue weighted by Gasteiger charge is 2.24. The molecule has 3 rings (SSSR count). The molecule has 0 radical (unpaired) electrons. The van der Waals surface area contributed by atoms with Gasteiger partial charge in [0.15, 0.2) is 0 Å². The van der Waals surface area contributed by atoms with E-state index >= 15 is 0 Å². The van der Waals surface area contributed by atoms with Gasteiger partial charge in [0.25, 0.3) is 5.56 Å². The van der Waals surface area contributed by atoms with Gasteiger partial charge in [0.1, 0.15) is 11.6 Å². The predicted molar refractivity (Wildman–Crippen MR) is 123 cm³/mol. The average Bonchev–Trinajstić information content (AvgIpc) is 2.69. The fourth-order valence-electron chi connectivity index (χ4n) is 3.35. The Morgan fingerprint density at radius 3 is 2.50 bits per heavy atom. The third-order valence-corrected chi connectivity index (χ3v) is 6.69. The first-order valence-corrected chi connectivity index (χ1v) is 11.0. The van der Waals surface area contributed by atoms with Crippen molar-refractivity contribution in [2.45, 2.75) is 45.4 Å². The van der Waals surface area contributed by atoms with Crippen LogP contribution >= 0.6 is 0 Å². The average molecular weight is 428 g/mol. The second-order valence-corrected chi connectivity index (χ2v) is 10.5. The zero-order valence-electron chi connectivity index (χ0n) is 18.6. The maximum Gasteiger partial charge on any atom is 0.261 e. The summed E-state index contributed by atoms with van der Waals surface area (Å²) in [6.45, 7) is 9.66. The van der Waals surface area contributed by atoms with E-state index in [-0.39, 0.29) is 11.6 Å². The summed E-state index contributed by atoms with van der Waals surface area (Å²) in [5.74, 6) is 1.17. The molecule has 30 heavy (non-hydrogen) atoms. The van der Waals surface area contributed by atoms with Gasteiger partial charge in [-0.3, -0.25) is 9.36 Å². The Labute approximate surface area is 179 Å². The monoisotopic (exact) mass is 427 g/mol. The molecule has 0 saturated carbocycles. The number of ether oxygens (including phenoxy) is 1. The number of aryl methyl sites for hydroxylation is 1. The third kappa shape index (κ3) is 4.18. The number of hydrogen-bond acceptors (Lipinski definition) is 4. The minimum atomic E-state index is -1.25. The molecule has 2 atom stereocenters. The number of nitrogens with one attached hydrogen (secondary N) is 1. The fourth-order valence-corrected chi connectivity index (χ4v) is 4.16. The van der Waals surface area contributed by atoms with Gasteiger partial charge in [-0.1, -0.05) is 18.2 Å². The first-order chi connectivity index (χ1) is 14.0. The number of aromatic nitrogens is 2. The number of fused-ring (bicyclic) bond motifs is 1. The number of methoxy groups -OCH3 is 1. The molecule has 0 aliphatic rings. The van der Waals surface area contributed by atoms with Crippen molar-refractivity contribution in [1.29, 1.82) is 0 Å². The molecule has 0 aliphatic heterocycles. The van der Waals surface area contributed by atoms with Crippen LogP contribution in [0.25, 0.3) is 22.3 Å². The summed E-state index contributed by atoms with van der Waals surface area (Å²) >= 11 is 0. The zero-order valence-corrected chi connectivity index (χ0v) is 19.4. The fraction of sp³-hybridized carbons (Fsp3) is 0.391. The lowest BCUT2D eigenvalue weighted by Gasteiger charge is -2.23. The van der Waals surface area contributed by atoms with E-state index in [1.54, 1.807) is 18.7 Å². The van der Waals surface area contributed by atoms with Crippen LogP contribution < -0.4 is 15.0 Å². The molecule has 2 aromatic carbocycles. The maximum atomic E-state index is 13.2. The maximum absolute atomic E-state index is 13.2. The molecular formula is C23H29N3O3S. The summed E-state index contributed by atoms with van der Waals surface area (Å²) in [6, 6.07) is 11.1. The predicted octanol–water partition coefficient (Wildman–Crippen LogP) is 4.03. The van der Waals surface area contributed by atoms with Crippen molar-refractivity contribution in [3.05, 3.63) is 57.9 Å². The second kappa shape index (κ2) is 8.32. The van der Waals surface area contributed by atoms with Gasteiger partial charge in [0, 0.05) is 13.1 Å². The molecule has 1 N–H and O–H groups in total. The quantitative estimate of drug-likeness (QED) is 0.667. The number of rotatable bonds is 5. The molecule has 6 nitrogen and oxygen atoms in total. The molecule has 0 saturated heterocycles. The van der Waals surface area contributed by atoms with Crippen molar-refractivity contribution in [2.75, 3.05) is 7.11 Å². The third-order valence-electron chi connectivity index (χ3n) is 5.01. The van der Waals surface area contributed by atoms with Crippen LogP contribution in [-0.4, -0.2) is 25.6 Å². The van der Waals surface area contributed by atoms with Crippen molar-refractivity contribution < 1.29 is 8.95 Å². The summed E-state index contributed by atoms with van der Waals surface area (Å²) in [6.07, 6.45) is 0. The Hall–Kier alpha value is -2.51. The van der Waals surface area contributed by atoms with Crippen molar-refractivity contribution in [1.82, 2.24) is 14.3 Å². The van der Waals surface area contributed by atoms with Gasteiger partial charge in [-0.25, -0.2) is 13.9 Å². The number of benzene rings is 2. The number of hydrogen-bond donors (Lipinski definition) is 1. The van der Waals surface area contributed by atoms with E-state index in [9.17, 15) is 9.00 Å². The topological polar surface area (TPSA) is 73.2 Å². The van der Waals surface area contributed by atoms with Gasteiger partial charge in [-0.05, 0) is 63.9 Å². The molecule has 0 fully saturated rings. The smallest absolute Gasteiger partial charge is 0.261 e. The van der Waals surface area contributed by atoms with Crippen LogP contribution in [0.5, 0.6) is 5.75 Å². The summed E-state index contributed by atoms with van der Waals surface area (Å²) in [5, 5.41) is 0.543. The highest BCUT2D eigenvalue weighted by molar-refractivity contribution is 7.84. The van der Waals surface area contributed by atoms with Gasteiger partial charge < -0.3 is 4.74 Å². The van der Waals surface area contributed by atoms with E-state index < -0.39 is 15.7 Å². The molecule has 160 valence electrons. The Bertz CT molecular complexity index is 1180. The van der Waals surface area contributed by atoms with Gasteiger partial charge in [-0.15, -0.1) is 0 Å². The summed E-state index contributed by atoms with van der Waals surface area (Å²) in [5.41, 5.74) is 3.02. The van der Waals surface area contributed by atoms with E-state index in [0.29, 0.717) is 22.5 Å². The first kappa shape index (κ1) is 22.2. The molecule has 1 heterocycles. The van der Waals surface area contributed by atoms with Crippen LogP contribution in [0.15, 0.2) is 41.2 Å². The van der Waals surface area contributed by atoms with Crippen LogP contribution in [-0.2, 0) is 18.0 Å². The molecule has 0 spiro atoms. The minimum Gasteiger partial charge on any atom is -0.496 e. The number of nitrogens with zero attached hydrogens (tertiary/aromatic N) is 2. The number of para-hydroxylation sites is 1. The van der Waals surface area contributed by atoms with Gasteiger partial charge in [0.05, 0.1) is 39.3 Å². The van der Waals surface area contributed by atoms with Crippen LogP contribution in [0.1, 0.15) is 44.9 Å². The van der Waals surface area contributed by atoms with E-state index in [4.69, 9.17) is 9.72 Å². The molecule has 0 bridgehead atoms. The van der Waals surface area contributed by atoms with E-state index in [1.807, 2.05) is 71.0 Å². The highest BCUT2D eigenvalue weighted by Crippen LogP contribution is 2.30. The Kier molecular flexibility index (Phi) is 6.15. The van der Waals surface area contributed by atoms with E-state index in [2.05, 4.69) is 4.72 Å². The van der Waals surface area contributed by atoms with Gasteiger partial charge in [-0.2, -0.15) is 0 Å². The van der Waals surface area contributed by atoms with Crippen molar-refractivity contribution >= 4 is 21.9 Å². The summed E-state index contributed by atoms with van der Waals surface area (Å²) in [4.78, 5) is 18.1. The summed E-state index contributed by atoms with van der Waals surface area (Å²) < 4.78 is 22.5. The second-order valence-electron chi connectivity index (χ2n) is 8.47. The van der Waals surface area contributed by atoms with Gasteiger partial charge in [0.2, 0.25) is 0 Å². The van der Waals surface area contributed by atoms with Crippen LogP contribution in [0.2, 0.25) is 0 Å². The molecule has 3 aromatic rings. The molecular weight excluding hydrogens is 398 g/mol. The van der Waals surface area contributed by atoms with Crippen molar-refractivity contribution in [2.24, 2.45) is 7.05 Å². The Balaban J connectivity index is 2.26. The minimum absolute atomic E-state index is 0.130. The van der Waals surface area contributed by atoms with E-state index in [0.717, 1.165) is 16.7 Å². The van der Waals surface area contributed by atoms with Crippen LogP contribution in [0.3, 0.4) is 0 Å². The van der Waals surface area contributed by atoms with Crippen LogP contribution in [0, 0.1) is 6.92 Å². The lowest BCUT2D eigenvalue weighted by atomic mass is 10.0. The highest BCUT2D eigenvalue weighted by atomic mass is 32.2. The molecule has 7 heteroatoms. The lowest BCUT2D eigenvalue weighted by molar-refractivity contribution is 0.416. The van der Waals surface area contributed by atoms with E-state index in [1.165, 1.54) is 0 Å². The van der Waals surface area contributed by atoms with Crippen molar-refractivity contribution in [3.63, 3.8) is 0 Å². The largest absolute Gasteiger partial charge is 0.496 e. The Morgan fingerprint density at radius 2 is 1.87 bits per heavy atom. The Morgan fingerprint density at radius 1 is 1.20 bits per heavy atom. The molecule has 1 aromatic heterocycles. The SMILES string of the molecule is COc1ccccc1-c1nc2c([C@@H](C)NS(=O)C(C)(C)C)cc(C)cc2c(=O)n1C. The van der Waals surface area contributed by atoms with Gasteiger partial charge >= 0.3 is 0 Å². The van der Waals surface area contributed by atoms with Crippen LogP contribution in [0.4, 0.5) is 0 Å². The normalized spacial score (nSPS) is 14.0. The molecule has 1 unspecified atom stereocenters. The molecule has 0 amide bonds. The zero-order chi connectivity index (χ0) is 22.2. The first-order valence-electron chi connectivity index (χ1n) is 9.87. The lowest BCUT2D eigenvalue weighted by Crippen LogP contribution is -2.35. The molecule has 0 aliphatic carbocycles. The summed E-state index contributed by atoms with van der Waals surface area (Å²) in [7, 11) is 2.06.